The highest BCUT2D eigenvalue weighted by Crippen LogP contribution is 2.59. The van der Waals surface area contributed by atoms with Crippen LogP contribution in [0.3, 0.4) is 0 Å². The molecule has 0 amide bonds. The Morgan fingerprint density at radius 2 is 1.15 bits per heavy atom. The Bertz CT molecular complexity index is 2920. The van der Waals surface area contributed by atoms with Crippen LogP contribution in [0.1, 0.15) is 33.4 Å². The molecule has 1 unspecified atom stereocenters. The predicted molar refractivity (Wildman–Crippen MR) is 221 cm³/mol. The topological polar surface area (TPSA) is 17.8 Å². The van der Waals surface area contributed by atoms with Crippen molar-refractivity contribution in [2.45, 2.75) is 15.2 Å². The van der Waals surface area contributed by atoms with Crippen LogP contribution >= 0.6 is 11.8 Å². The number of imidazole rings is 1. The van der Waals surface area contributed by atoms with Gasteiger partial charge >= 0.3 is 0 Å². The Morgan fingerprint density at radius 1 is 0.472 bits per heavy atom. The molecule has 2 nitrogen and oxygen atoms in total. The first-order valence-electron chi connectivity index (χ1n) is 18.1. The number of para-hydroxylation sites is 1. The lowest BCUT2D eigenvalue weighted by atomic mass is 9.63. The van der Waals surface area contributed by atoms with E-state index in [0.29, 0.717) is 0 Å². The molecular weight excluding hydrogens is 661 g/mol. The third kappa shape index (κ3) is 4.51. The molecule has 3 heteroatoms. The summed E-state index contributed by atoms with van der Waals surface area (Å²) in [6, 6.07) is 66.4. The number of benzene rings is 8. The highest BCUT2D eigenvalue weighted by molar-refractivity contribution is 7.99. The van der Waals surface area contributed by atoms with E-state index < -0.39 is 5.41 Å². The Kier molecular flexibility index (Phi) is 6.74. The summed E-state index contributed by atoms with van der Waals surface area (Å²) < 4.78 is 2.28. The van der Waals surface area contributed by atoms with Crippen LogP contribution in [0, 0.1) is 0 Å². The van der Waals surface area contributed by atoms with Crippen LogP contribution in [0.2, 0.25) is 0 Å². The van der Waals surface area contributed by atoms with Crippen LogP contribution in [0.15, 0.2) is 192 Å². The predicted octanol–water partition coefficient (Wildman–Crippen LogP) is 12.8. The summed E-state index contributed by atoms with van der Waals surface area (Å²) >= 11 is 1.91. The number of rotatable bonds is 3. The molecule has 8 aromatic carbocycles. The van der Waals surface area contributed by atoms with Gasteiger partial charge in [-0.3, -0.25) is 4.57 Å². The lowest BCUT2D eigenvalue weighted by molar-refractivity contribution is 0.704. The van der Waals surface area contributed by atoms with Crippen molar-refractivity contribution in [1.82, 2.24) is 9.55 Å². The molecule has 0 radical (unpaired) electrons. The van der Waals surface area contributed by atoms with E-state index in [1.807, 2.05) is 11.8 Å². The van der Waals surface area contributed by atoms with Crippen LogP contribution < -0.4 is 0 Å². The van der Waals surface area contributed by atoms with Gasteiger partial charge in [0.1, 0.15) is 5.82 Å². The molecule has 0 saturated carbocycles. The van der Waals surface area contributed by atoms with Crippen molar-refractivity contribution in [1.29, 1.82) is 0 Å². The molecule has 248 valence electrons. The second kappa shape index (κ2) is 11.8. The molecule has 1 aliphatic carbocycles. The zero-order valence-corrected chi connectivity index (χ0v) is 29.6. The fourth-order valence-electron chi connectivity index (χ4n) is 8.74. The fraction of sp³-hybridized carbons (Fsp3) is 0.0200. The average molecular weight is 693 g/mol. The first kappa shape index (κ1) is 30.2. The van der Waals surface area contributed by atoms with E-state index in [1.54, 1.807) is 0 Å². The first-order chi connectivity index (χ1) is 26.3. The highest BCUT2D eigenvalue weighted by Gasteiger charge is 2.47. The maximum absolute atomic E-state index is 5.30. The van der Waals surface area contributed by atoms with E-state index >= 15 is 0 Å². The molecule has 9 aromatic rings. The smallest absolute Gasteiger partial charge is 0.145 e. The Hall–Kier alpha value is -6.42. The fourth-order valence-corrected chi connectivity index (χ4v) is 10.1. The summed E-state index contributed by atoms with van der Waals surface area (Å²) in [6.07, 6.45) is 4.62. The van der Waals surface area contributed by atoms with E-state index in [9.17, 15) is 0 Å². The third-order valence-electron chi connectivity index (χ3n) is 11.1. The number of hydrogen-bond acceptors (Lipinski definition) is 2. The number of fused-ring (bicyclic) bond motifs is 11. The molecule has 0 bridgehead atoms. The van der Waals surface area contributed by atoms with Gasteiger partial charge in [-0.15, -0.1) is 0 Å². The number of nitrogens with zero attached hydrogens (tertiary/aromatic N) is 2. The molecule has 0 saturated heterocycles. The number of aromatic nitrogens is 2. The molecule has 0 fully saturated rings. The highest BCUT2D eigenvalue weighted by atomic mass is 32.2. The lowest BCUT2D eigenvalue weighted by Crippen LogP contribution is -2.35. The van der Waals surface area contributed by atoms with Crippen molar-refractivity contribution in [3.05, 3.63) is 215 Å². The second-order valence-corrected chi connectivity index (χ2v) is 15.0. The van der Waals surface area contributed by atoms with Gasteiger partial charge in [-0.2, -0.15) is 0 Å². The average Bonchev–Trinajstić information content (AvgIpc) is 3.55. The molecule has 0 N–H and O–H groups in total. The van der Waals surface area contributed by atoms with Gasteiger partial charge in [0.2, 0.25) is 0 Å². The van der Waals surface area contributed by atoms with Gasteiger partial charge in [0, 0.05) is 21.0 Å². The minimum atomic E-state index is -0.536. The van der Waals surface area contributed by atoms with E-state index in [1.165, 1.54) is 59.5 Å². The van der Waals surface area contributed by atoms with Gasteiger partial charge in [-0.05, 0) is 91.7 Å². The Balaban J connectivity index is 1.18. The summed E-state index contributed by atoms with van der Waals surface area (Å²) in [6.45, 7) is 0. The minimum absolute atomic E-state index is 0.536. The second-order valence-electron chi connectivity index (χ2n) is 13.9. The maximum Gasteiger partial charge on any atom is 0.145 e. The lowest BCUT2D eigenvalue weighted by Gasteiger charge is -2.43. The van der Waals surface area contributed by atoms with Gasteiger partial charge in [-0.25, -0.2) is 4.98 Å². The molecule has 53 heavy (non-hydrogen) atoms. The SMILES string of the molecule is C1=Cc2ccc(-c3ccc4c(c3)nc(-c3ccccc3)n4-c3ccccc3)cc2C2(c3ccccc31)c1ccccc1Sc1c2ccc2ccccc12. The standard InChI is InChI=1S/C50H32N2S/c1-3-15-36(16-4-1)49-51-45-32-38(28-30-46(45)52(49)39-17-5-2-6-18-39)37-26-25-35-24-23-34-14-8-10-20-41(34)50(44(35)31-37)42-21-11-12-22-47(42)53-48-40-19-9-7-13-33(40)27-29-43(48)50/h1-32H. The van der Waals surface area contributed by atoms with Crippen molar-refractivity contribution in [3.8, 4) is 28.2 Å². The van der Waals surface area contributed by atoms with Crippen LogP contribution in [-0.2, 0) is 5.41 Å². The van der Waals surface area contributed by atoms with E-state index in [-0.39, 0.29) is 0 Å². The molecule has 1 aliphatic heterocycles. The summed E-state index contributed by atoms with van der Waals surface area (Å²) in [5.41, 5.74) is 13.7. The first-order valence-corrected chi connectivity index (χ1v) is 18.9. The molecule has 1 atom stereocenters. The Labute approximate surface area is 312 Å². The summed E-state index contributed by atoms with van der Waals surface area (Å²) in [4.78, 5) is 7.93. The largest absolute Gasteiger partial charge is 0.292 e. The molecular formula is C50H32N2S. The summed E-state index contributed by atoms with van der Waals surface area (Å²) in [7, 11) is 0. The third-order valence-corrected chi connectivity index (χ3v) is 12.3. The van der Waals surface area contributed by atoms with Crippen LogP contribution in [-0.4, -0.2) is 9.55 Å². The normalized spacial score (nSPS) is 15.5. The molecule has 1 spiro atoms. The maximum atomic E-state index is 5.30. The summed E-state index contributed by atoms with van der Waals surface area (Å²) in [5, 5.41) is 2.56. The van der Waals surface area contributed by atoms with Crippen molar-refractivity contribution < 1.29 is 0 Å². The van der Waals surface area contributed by atoms with Gasteiger partial charge in [-0.1, -0.05) is 170 Å². The van der Waals surface area contributed by atoms with Crippen molar-refractivity contribution in [2.24, 2.45) is 0 Å². The van der Waals surface area contributed by atoms with Gasteiger partial charge in [0.05, 0.1) is 16.4 Å². The van der Waals surface area contributed by atoms with Crippen LogP contribution in [0.4, 0.5) is 0 Å². The van der Waals surface area contributed by atoms with Crippen LogP contribution in [0.5, 0.6) is 0 Å². The number of hydrogen-bond donors (Lipinski definition) is 0. The minimum Gasteiger partial charge on any atom is -0.292 e. The monoisotopic (exact) mass is 692 g/mol. The van der Waals surface area contributed by atoms with Crippen molar-refractivity contribution in [2.75, 3.05) is 0 Å². The van der Waals surface area contributed by atoms with Gasteiger partial charge in [0.25, 0.3) is 0 Å². The van der Waals surface area contributed by atoms with Crippen molar-refractivity contribution >= 4 is 45.7 Å². The quantitative estimate of drug-likeness (QED) is 0.183. The van der Waals surface area contributed by atoms with Gasteiger partial charge in [0.15, 0.2) is 0 Å². The summed E-state index contributed by atoms with van der Waals surface area (Å²) in [5.74, 6) is 0.937. The zero-order chi connectivity index (χ0) is 34.9. The van der Waals surface area contributed by atoms with E-state index in [2.05, 4.69) is 199 Å². The molecule has 2 heterocycles. The molecule has 1 aromatic heterocycles. The molecule has 2 aliphatic rings. The van der Waals surface area contributed by atoms with Crippen LogP contribution in [0.25, 0.3) is 62.2 Å². The van der Waals surface area contributed by atoms with E-state index in [0.717, 1.165) is 33.7 Å². The van der Waals surface area contributed by atoms with Gasteiger partial charge < -0.3 is 0 Å². The van der Waals surface area contributed by atoms with Crippen molar-refractivity contribution in [3.63, 3.8) is 0 Å². The Morgan fingerprint density at radius 3 is 2.02 bits per heavy atom. The van der Waals surface area contributed by atoms with E-state index in [4.69, 9.17) is 4.98 Å². The zero-order valence-electron chi connectivity index (χ0n) is 28.8. The molecule has 11 rings (SSSR count).